The van der Waals surface area contributed by atoms with Gasteiger partial charge in [0.1, 0.15) is 0 Å². The van der Waals surface area contributed by atoms with Crippen molar-refractivity contribution in [3.63, 3.8) is 0 Å². The van der Waals surface area contributed by atoms with E-state index in [0.29, 0.717) is 11.9 Å². The molecule has 3 nitrogen and oxygen atoms in total. The highest BCUT2D eigenvalue weighted by molar-refractivity contribution is 5.82. The van der Waals surface area contributed by atoms with Gasteiger partial charge in [-0.2, -0.15) is 0 Å². The van der Waals surface area contributed by atoms with Crippen LogP contribution in [-0.2, 0) is 4.79 Å². The molecule has 2 fully saturated rings. The van der Waals surface area contributed by atoms with E-state index in [1.165, 1.54) is 19.3 Å². The van der Waals surface area contributed by atoms with Gasteiger partial charge in [-0.3, -0.25) is 4.79 Å². The first-order valence-electron chi connectivity index (χ1n) is 5.29. The van der Waals surface area contributed by atoms with E-state index in [1.54, 1.807) is 0 Å². The van der Waals surface area contributed by atoms with E-state index in [2.05, 4.69) is 5.32 Å². The van der Waals surface area contributed by atoms with Gasteiger partial charge < -0.3 is 10.2 Å². The maximum Gasteiger partial charge on any atom is 0.239 e. The van der Waals surface area contributed by atoms with Gasteiger partial charge >= 0.3 is 0 Å². The maximum atomic E-state index is 11.8. The van der Waals surface area contributed by atoms with E-state index < -0.39 is 0 Å². The van der Waals surface area contributed by atoms with E-state index in [9.17, 15) is 4.79 Å². The number of hydrogen-bond donors (Lipinski definition) is 1. The monoisotopic (exact) mass is 182 g/mol. The molecule has 1 saturated carbocycles. The Hall–Kier alpha value is -0.570. The van der Waals surface area contributed by atoms with Crippen LogP contribution >= 0.6 is 0 Å². The topological polar surface area (TPSA) is 32.3 Å². The number of hydrogen-bond acceptors (Lipinski definition) is 2. The van der Waals surface area contributed by atoms with E-state index >= 15 is 0 Å². The summed E-state index contributed by atoms with van der Waals surface area (Å²) in [5.41, 5.74) is 0. The van der Waals surface area contributed by atoms with Crippen LogP contribution in [0.1, 0.15) is 32.1 Å². The first kappa shape index (κ1) is 9.00. The van der Waals surface area contributed by atoms with Gasteiger partial charge in [0.25, 0.3) is 0 Å². The molecule has 1 heterocycles. The zero-order valence-corrected chi connectivity index (χ0v) is 8.25. The molecule has 0 aromatic heterocycles. The summed E-state index contributed by atoms with van der Waals surface area (Å²) in [6.45, 7) is 1.01. The third-order valence-corrected chi connectivity index (χ3v) is 3.33. The van der Waals surface area contributed by atoms with Crippen molar-refractivity contribution >= 4 is 5.91 Å². The van der Waals surface area contributed by atoms with Gasteiger partial charge in [0.05, 0.1) is 6.04 Å². The summed E-state index contributed by atoms with van der Waals surface area (Å²) >= 11 is 0. The quantitative estimate of drug-likeness (QED) is 0.683. The molecule has 0 bridgehead atoms. The van der Waals surface area contributed by atoms with Gasteiger partial charge in [-0.1, -0.05) is 0 Å². The average Bonchev–Trinajstić information content (AvgIpc) is 2.51. The zero-order chi connectivity index (χ0) is 9.26. The fourth-order valence-electron chi connectivity index (χ4n) is 2.10. The van der Waals surface area contributed by atoms with Crippen molar-refractivity contribution < 1.29 is 4.79 Å². The van der Waals surface area contributed by atoms with Crippen LogP contribution in [-0.4, -0.2) is 36.5 Å². The standard InChI is InChI=1S/C10H18N2O/c1-12(8-4-2-5-8)10(13)9-6-3-7-11-9/h8-9,11H,2-7H2,1H3/t9-/m0/s1. The van der Waals surface area contributed by atoms with Gasteiger partial charge in [0, 0.05) is 13.1 Å². The lowest BCUT2D eigenvalue weighted by Crippen LogP contribution is -2.48. The summed E-state index contributed by atoms with van der Waals surface area (Å²) in [5.74, 6) is 0.308. The van der Waals surface area contributed by atoms with Crippen molar-refractivity contribution in [2.45, 2.75) is 44.2 Å². The van der Waals surface area contributed by atoms with E-state index in [4.69, 9.17) is 0 Å². The average molecular weight is 182 g/mol. The van der Waals surface area contributed by atoms with Gasteiger partial charge in [-0.15, -0.1) is 0 Å². The summed E-state index contributed by atoms with van der Waals surface area (Å²) in [6, 6.07) is 0.653. The van der Waals surface area contributed by atoms with E-state index in [1.807, 2.05) is 11.9 Å². The lowest BCUT2D eigenvalue weighted by atomic mass is 9.91. The second kappa shape index (κ2) is 3.66. The molecule has 1 aliphatic carbocycles. The highest BCUT2D eigenvalue weighted by atomic mass is 16.2. The predicted octanol–water partition coefficient (Wildman–Crippen LogP) is 0.749. The Morgan fingerprint density at radius 1 is 1.31 bits per heavy atom. The van der Waals surface area contributed by atoms with E-state index in [-0.39, 0.29) is 6.04 Å². The van der Waals surface area contributed by atoms with Crippen LogP contribution in [0, 0.1) is 0 Å². The molecule has 0 radical (unpaired) electrons. The fourth-order valence-corrected chi connectivity index (χ4v) is 2.10. The van der Waals surface area contributed by atoms with Crippen molar-refractivity contribution in [1.29, 1.82) is 0 Å². The summed E-state index contributed by atoms with van der Waals surface area (Å²) < 4.78 is 0. The first-order valence-corrected chi connectivity index (χ1v) is 5.29. The summed E-state index contributed by atoms with van der Waals surface area (Å²) in [4.78, 5) is 13.8. The van der Waals surface area contributed by atoms with Crippen molar-refractivity contribution in [2.24, 2.45) is 0 Å². The molecule has 0 spiro atoms. The molecule has 1 saturated heterocycles. The normalized spacial score (nSPS) is 28.5. The number of carbonyl (C=O) groups is 1. The van der Waals surface area contributed by atoms with Gasteiger partial charge in [-0.25, -0.2) is 0 Å². The Balaban J connectivity index is 1.87. The largest absolute Gasteiger partial charge is 0.341 e. The second-order valence-electron chi connectivity index (χ2n) is 4.18. The first-order chi connectivity index (χ1) is 6.29. The number of nitrogens with one attached hydrogen (secondary N) is 1. The SMILES string of the molecule is CN(C(=O)[C@@H]1CCCN1)C1CCC1. The molecule has 13 heavy (non-hydrogen) atoms. The Kier molecular flexibility index (Phi) is 2.54. The third kappa shape index (κ3) is 1.70. The molecule has 1 aliphatic heterocycles. The molecule has 2 aliphatic rings. The van der Waals surface area contributed by atoms with Gasteiger partial charge in [-0.05, 0) is 38.6 Å². The van der Waals surface area contributed by atoms with Crippen molar-refractivity contribution in [3.8, 4) is 0 Å². The van der Waals surface area contributed by atoms with Crippen molar-refractivity contribution in [3.05, 3.63) is 0 Å². The zero-order valence-electron chi connectivity index (χ0n) is 8.25. The molecule has 2 rings (SSSR count). The Labute approximate surface area is 79.5 Å². The molecular formula is C10H18N2O. The van der Waals surface area contributed by atoms with Crippen LogP contribution in [0.15, 0.2) is 0 Å². The molecule has 1 N–H and O–H groups in total. The molecule has 0 aromatic carbocycles. The lowest BCUT2D eigenvalue weighted by Gasteiger charge is -2.36. The molecule has 1 atom stereocenters. The van der Waals surface area contributed by atoms with Crippen LogP contribution in [0.3, 0.4) is 0 Å². The molecule has 74 valence electrons. The third-order valence-electron chi connectivity index (χ3n) is 3.33. The Morgan fingerprint density at radius 3 is 2.54 bits per heavy atom. The van der Waals surface area contributed by atoms with Crippen LogP contribution < -0.4 is 5.32 Å². The summed E-state index contributed by atoms with van der Waals surface area (Å²) in [5, 5.41) is 3.25. The molecular weight excluding hydrogens is 164 g/mol. The van der Waals surface area contributed by atoms with E-state index in [0.717, 1.165) is 19.4 Å². The maximum absolute atomic E-state index is 11.8. The minimum atomic E-state index is 0.116. The number of amides is 1. The van der Waals surface area contributed by atoms with Crippen LogP contribution in [0.25, 0.3) is 0 Å². The van der Waals surface area contributed by atoms with Crippen molar-refractivity contribution in [2.75, 3.05) is 13.6 Å². The summed E-state index contributed by atoms with van der Waals surface area (Å²) in [6.07, 6.45) is 5.87. The Morgan fingerprint density at radius 2 is 2.08 bits per heavy atom. The van der Waals surface area contributed by atoms with Gasteiger partial charge in [0.2, 0.25) is 5.91 Å². The number of carbonyl (C=O) groups excluding carboxylic acids is 1. The van der Waals surface area contributed by atoms with Gasteiger partial charge in [0.15, 0.2) is 0 Å². The molecule has 0 aromatic rings. The minimum Gasteiger partial charge on any atom is -0.341 e. The molecule has 1 amide bonds. The predicted molar refractivity (Wildman–Crippen MR) is 51.4 cm³/mol. The highest BCUT2D eigenvalue weighted by Gasteiger charge is 2.31. The van der Waals surface area contributed by atoms with Crippen LogP contribution in [0.4, 0.5) is 0 Å². The second-order valence-corrected chi connectivity index (χ2v) is 4.18. The smallest absolute Gasteiger partial charge is 0.239 e. The molecule has 0 unspecified atom stereocenters. The Bertz CT molecular complexity index is 195. The van der Waals surface area contributed by atoms with Crippen LogP contribution in [0.2, 0.25) is 0 Å². The lowest BCUT2D eigenvalue weighted by molar-refractivity contribution is -0.135. The number of nitrogens with zero attached hydrogens (tertiary/aromatic N) is 1. The number of likely N-dealkylation sites (N-methyl/N-ethyl adjacent to an activating group) is 1. The fraction of sp³-hybridized carbons (Fsp3) is 0.900. The highest BCUT2D eigenvalue weighted by Crippen LogP contribution is 2.24. The number of rotatable bonds is 2. The van der Waals surface area contributed by atoms with Crippen LogP contribution in [0.5, 0.6) is 0 Å². The minimum absolute atomic E-state index is 0.116. The van der Waals surface area contributed by atoms with Crippen molar-refractivity contribution in [1.82, 2.24) is 10.2 Å². The molecule has 3 heteroatoms. The summed E-state index contributed by atoms with van der Waals surface area (Å²) in [7, 11) is 1.95.